The van der Waals surface area contributed by atoms with Crippen molar-refractivity contribution in [3.8, 4) is 0 Å². The third-order valence-corrected chi connectivity index (χ3v) is 10.9. The molecule has 1 amide bonds. The van der Waals surface area contributed by atoms with Crippen molar-refractivity contribution in [3.05, 3.63) is 29.6 Å². The Hall–Kier alpha value is -1.19. The van der Waals surface area contributed by atoms with Gasteiger partial charge in [-0.2, -0.15) is 12.6 Å². The number of pyridine rings is 1. The number of hydrogen-bond donors (Lipinski definition) is 2. The lowest BCUT2D eigenvalue weighted by molar-refractivity contribution is -0.157. The first-order valence-electron chi connectivity index (χ1n) is 13.3. The van der Waals surface area contributed by atoms with Gasteiger partial charge in [-0.1, -0.05) is 41.9 Å². The number of nitrogens with zero attached hydrogens (tertiary/aromatic N) is 1. The molecular formula is C28H44N2O4S3. The van der Waals surface area contributed by atoms with Crippen molar-refractivity contribution >= 4 is 51.9 Å². The third kappa shape index (κ3) is 11.6. The maximum atomic E-state index is 12.5. The highest BCUT2D eigenvalue weighted by Gasteiger charge is 2.37. The summed E-state index contributed by atoms with van der Waals surface area (Å²) >= 11 is 4.69. The standard InChI is InChI=1S/C28H44N2O4S3/c1-7-27(5,35)19-26(3,4)34-24(32)12-8-9-13-28(6)16-23(36-37-28)21-15-22(18-29-17-21)25(33)30-14-10-11-20(2)31/h15,17-18,23,35H,7-14,16,19H2,1-6H3,(H,30,33). The molecule has 1 aliphatic heterocycles. The predicted molar refractivity (Wildman–Crippen MR) is 158 cm³/mol. The van der Waals surface area contributed by atoms with Crippen LogP contribution in [0.25, 0.3) is 0 Å². The Balaban J connectivity index is 1.78. The fourth-order valence-corrected chi connectivity index (χ4v) is 8.57. The van der Waals surface area contributed by atoms with Crippen molar-refractivity contribution in [1.82, 2.24) is 10.3 Å². The van der Waals surface area contributed by atoms with E-state index >= 15 is 0 Å². The van der Waals surface area contributed by atoms with Crippen LogP contribution in [0, 0.1) is 0 Å². The Morgan fingerprint density at radius 3 is 2.59 bits per heavy atom. The van der Waals surface area contributed by atoms with E-state index in [1.165, 1.54) is 0 Å². The number of aromatic nitrogens is 1. The van der Waals surface area contributed by atoms with Gasteiger partial charge in [0.15, 0.2) is 0 Å². The lowest BCUT2D eigenvalue weighted by Gasteiger charge is -2.33. The number of amides is 1. The van der Waals surface area contributed by atoms with E-state index < -0.39 is 5.60 Å². The van der Waals surface area contributed by atoms with Crippen molar-refractivity contribution in [2.24, 2.45) is 0 Å². The van der Waals surface area contributed by atoms with E-state index in [1.807, 2.05) is 47.7 Å². The van der Waals surface area contributed by atoms with Gasteiger partial charge in [-0.3, -0.25) is 14.6 Å². The van der Waals surface area contributed by atoms with Crippen molar-refractivity contribution in [3.63, 3.8) is 0 Å². The van der Waals surface area contributed by atoms with Crippen molar-refractivity contribution in [1.29, 1.82) is 0 Å². The zero-order chi connectivity index (χ0) is 27.7. The first kappa shape index (κ1) is 32.0. The number of unbranched alkanes of at least 4 members (excludes halogenated alkanes) is 1. The van der Waals surface area contributed by atoms with E-state index in [9.17, 15) is 14.4 Å². The predicted octanol–water partition coefficient (Wildman–Crippen LogP) is 7.14. The van der Waals surface area contributed by atoms with Crippen molar-refractivity contribution < 1.29 is 19.1 Å². The summed E-state index contributed by atoms with van der Waals surface area (Å²) < 4.78 is 5.73. The molecule has 37 heavy (non-hydrogen) atoms. The Kier molecular flexibility index (Phi) is 12.3. The molecule has 9 heteroatoms. The van der Waals surface area contributed by atoms with Gasteiger partial charge in [0.2, 0.25) is 0 Å². The van der Waals surface area contributed by atoms with Gasteiger partial charge in [0.1, 0.15) is 11.4 Å². The number of esters is 1. The molecule has 1 aliphatic rings. The van der Waals surface area contributed by atoms with Crippen LogP contribution in [0.5, 0.6) is 0 Å². The first-order chi connectivity index (χ1) is 17.2. The van der Waals surface area contributed by atoms with E-state index in [4.69, 9.17) is 4.74 Å². The molecule has 208 valence electrons. The Bertz CT molecular complexity index is 938. The number of ether oxygens (including phenoxy) is 1. The van der Waals surface area contributed by atoms with Gasteiger partial charge in [0.05, 0.1) is 5.56 Å². The molecule has 3 unspecified atom stereocenters. The van der Waals surface area contributed by atoms with Crippen LogP contribution in [0.1, 0.15) is 121 Å². The molecule has 1 saturated heterocycles. The number of nitrogens with one attached hydrogen (secondary N) is 1. The fourth-order valence-electron chi connectivity index (χ4n) is 4.56. The van der Waals surface area contributed by atoms with Gasteiger partial charge in [-0.15, -0.1) is 0 Å². The molecule has 0 aliphatic carbocycles. The second kappa shape index (κ2) is 14.3. The average Bonchev–Trinajstić information content (AvgIpc) is 3.20. The maximum Gasteiger partial charge on any atom is 0.306 e. The SMILES string of the molecule is CCC(C)(S)CC(C)(C)OC(=O)CCCCC1(C)CC(c2cncc(C(=O)NCCCC(C)=O)c2)SS1. The van der Waals surface area contributed by atoms with Crippen molar-refractivity contribution in [2.45, 2.75) is 120 Å². The van der Waals surface area contributed by atoms with Crippen LogP contribution in [-0.4, -0.2) is 44.3 Å². The molecule has 0 spiro atoms. The van der Waals surface area contributed by atoms with E-state index in [0.29, 0.717) is 31.4 Å². The summed E-state index contributed by atoms with van der Waals surface area (Å²) in [7, 11) is 3.73. The van der Waals surface area contributed by atoms with Crippen LogP contribution in [0.3, 0.4) is 0 Å². The minimum absolute atomic E-state index is 0.110. The summed E-state index contributed by atoms with van der Waals surface area (Å²) in [6.45, 7) is 12.4. The molecule has 1 aromatic heterocycles. The fraction of sp³-hybridized carbons (Fsp3) is 0.714. The van der Waals surface area contributed by atoms with Crippen LogP contribution in [0.2, 0.25) is 0 Å². The van der Waals surface area contributed by atoms with E-state index in [0.717, 1.165) is 44.1 Å². The highest BCUT2D eigenvalue weighted by Crippen LogP contribution is 2.59. The summed E-state index contributed by atoms with van der Waals surface area (Å²) in [6.07, 6.45) is 10.4. The number of carbonyl (C=O) groups is 3. The maximum absolute atomic E-state index is 12.5. The molecular weight excluding hydrogens is 525 g/mol. The monoisotopic (exact) mass is 568 g/mol. The van der Waals surface area contributed by atoms with Crippen LogP contribution in [0.4, 0.5) is 0 Å². The number of ketones is 1. The van der Waals surface area contributed by atoms with Gasteiger partial charge in [-0.05, 0) is 71.4 Å². The van der Waals surface area contributed by atoms with Crippen LogP contribution in [-0.2, 0) is 14.3 Å². The Labute approximate surface area is 236 Å². The zero-order valence-corrected chi connectivity index (χ0v) is 25.8. The minimum atomic E-state index is -0.519. The molecule has 1 aromatic rings. The molecule has 1 N–H and O–H groups in total. The number of hydrogen-bond acceptors (Lipinski definition) is 8. The molecule has 2 heterocycles. The number of carbonyl (C=O) groups excluding carboxylic acids is 3. The minimum Gasteiger partial charge on any atom is -0.460 e. The largest absolute Gasteiger partial charge is 0.460 e. The Morgan fingerprint density at radius 1 is 1.19 bits per heavy atom. The van der Waals surface area contributed by atoms with E-state index in [-0.39, 0.29) is 32.4 Å². The van der Waals surface area contributed by atoms with Gasteiger partial charge in [0.25, 0.3) is 5.91 Å². The summed E-state index contributed by atoms with van der Waals surface area (Å²) in [5, 5.41) is 3.15. The average molecular weight is 569 g/mol. The van der Waals surface area contributed by atoms with Crippen LogP contribution in [0.15, 0.2) is 18.5 Å². The highest BCUT2D eigenvalue weighted by molar-refractivity contribution is 8.77. The number of thiol groups is 1. The van der Waals surface area contributed by atoms with Gasteiger partial charge >= 0.3 is 5.97 Å². The summed E-state index contributed by atoms with van der Waals surface area (Å²) in [5.74, 6) is -0.159. The molecule has 2 rings (SSSR count). The molecule has 0 radical (unpaired) electrons. The second-order valence-corrected chi connectivity index (χ2v) is 15.4. The summed E-state index contributed by atoms with van der Waals surface area (Å²) in [6, 6.07) is 1.93. The van der Waals surface area contributed by atoms with Gasteiger partial charge in [-0.25, -0.2) is 0 Å². The highest BCUT2D eigenvalue weighted by atomic mass is 33.1. The van der Waals surface area contributed by atoms with Gasteiger partial charge in [0, 0.05) is 52.9 Å². The molecule has 6 nitrogen and oxygen atoms in total. The van der Waals surface area contributed by atoms with Crippen LogP contribution >= 0.6 is 34.2 Å². The van der Waals surface area contributed by atoms with Gasteiger partial charge < -0.3 is 14.8 Å². The zero-order valence-electron chi connectivity index (χ0n) is 23.2. The quantitative estimate of drug-likeness (QED) is 0.101. The lowest BCUT2D eigenvalue weighted by atomic mass is 9.92. The first-order valence-corrected chi connectivity index (χ1v) is 15.9. The number of Topliss-reactive ketones (excluding diaryl/α,β-unsaturated/α-hetero) is 1. The van der Waals surface area contributed by atoms with E-state index in [1.54, 1.807) is 13.1 Å². The Morgan fingerprint density at radius 2 is 1.92 bits per heavy atom. The molecule has 3 atom stereocenters. The summed E-state index contributed by atoms with van der Waals surface area (Å²) in [5.41, 5.74) is 1.10. The van der Waals surface area contributed by atoms with E-state index in [2.05, 4.69) is 43.7 Å². The lowest BCUT2D eigenvalue weighted by Crippen LogP contribution is -2.35. The van der Waals surface area contributed by atoms with Crippen molar-refractivity contribution in [2.75, 3.05) is 6.54 Å². The topological polar surface area (TPSA) is 85.4 Å². The molecule has 1 fully saturated rings. The number of rotatable bonds is 15. The molecule has 0 saturated carbocycles. The van der Waals surface area contributed by atoms with Crippen LogP contribution < -0.4 is 5.32 Å². The second-order valence-electron chi connectivity index (χ2n) is 11.4. The molecule has 0 aromatic carbocycles. The smallest absolute Gasteiger partial charge is 0.306 e. The molecule has 0 bridgehead atoms. The summed E-state index contributed by atoms with van der Waals surface area (Å²) in [4.78, 5) is 40.3. The third-order valence-electron chi connectivity index (χ3n) is 6.66. The normalized spacial score (nSPS) is 21.3.